The first-order valence-electron chi connectivity index (χ1n) is 6.63. The number of carbonyl (C=O) groups excluding carboxylic acids is 1. The predicted octanol–water partition coefficient (Wildman–Crippen LogP) is 2.67. The summed E-state index contributed by atoms with van der Waals surface area (Å²) in [6.07, 6.45) is 1.68. The Balaban J connectivity index is 2.13. The van der Waals surface area contributed by atoms with Crippen LogP contribution in [-0.2, 0) is 4.79 Å². The average molecular weight is 317 g/mol. The highest BCUT2D eigenvalue weighted by molar-refractivity contribution is 6.42. The van der Waals surface area contributed by atoms with Crippen LogP contribution in [0.2, 0.25) is 10.0 Å². The molecule has 20 heavy (non-hydrogen) atoms. The van der Waals surface area contributed by atoms with Crippen LogP contribution < -0.4 is 10.6 Å². The first-order valence-corrected chi connectivity index (χ1v) is 7.39. The lowest BCUT2D eigenvalue weighted by Crippen LogP contribution is -2.45. The lowest BCUT2D eigenvalue weighted by Gasteiger charge is -2.31. The van der Waals surface area contributed by atoms with Crippen LogP contribution in [0.15, 0.2) is 12.1 Å². The zero-order chi connectivity index (χ0) is 14.7. The minimum Gasteiger partial charge on any atom is -0.508 e. The average Bonchev–Trinajstić information content (AvgIpc) is 2.42. The number of phenolic OH excluding ortho intramolecular Hbond substituents is 1. The van der Waals surface area contributed by atoms with E-state index in [1.165, 1.54) is 6.92 Å². The van der Waals surface area contributed by atoms with Crippen LogP contribution in [0.25, 0.3) is 0 Å². The molecule has 0 spiro atoms. The Morgan fingerprint density at radius 1 is 1.50 bits per heavy atom. The molecule has 1 unspecified atom stereocenters. The number of benzene rings is 1. The Labute approximate surface area is 128 Å². The van der Waals surface area contributed by atoms with Crippen LogP contribution in [0, 0.1) is 0 Å². The number of hydrogen-bond donors (Lipinski definition) is 3. The fourth-order valence-electron chi connectivity index (χ4n) is 2.64. The van der Waals surface area contributed by atoms with Gasteiger partial charge >= 0.3 is 0 Å². The highest BCUT2D eigenvalue weighted by Crippen LogP contribution is 2.41. The molecule has 1 saturated heterocycles. The number of nitrogens with one attached hydrogen (secondary N) is 2. The first-order chi connectivity index (χ1) is 9.49. The molecule has 1 aromatic rings. The van der Waals surface area contributed by atoms with E-state index in [1.807, 2.05) is 0 Å². The monoisotopic (exact) mass is 316 g/mol. The highest BCUT2D eigenvalue weighted by atomic mass is 35.5. The minimum atomic E-state index is -0.0439. The van der Waals surface area contributed by atoms with Crippen LogP contribution in [0.1, 0.15) is 31.2 Å². The van der Waals surface area contributed by atoms with Crippen molar-refractivity contribution in [3.05, 3.63) is 27.7 Å². The molecule has 110 valence electrons. The molecule has 3 N–H and O–H groups in total. The Morgan fingerprint density at radius 2 is 2.25 bits per heavy atom. The van der Waals surface area contributed by atoms with Gasteiger partial charge in [-0.2, -0.15) is 0 Å². The molecule has 1 heterocycles. The van der Waals surface area contributed by atoms with Gasteiger partial charge in [-0.15, -0.1) is 0 Å². The number of aromatic hydroxyl groups is 1. The summed E-state index contributed by atoms with van der Waals surface area (Å²) in [5, 5.41) is 17.1. The molecule has 1 amide bonds. The van der Waals surface area contributed by atoms with Gasteiger partial charge in [0.25, 0.3) is 0 Å². The summed E-state index contributed by atoms with van der Waals surface area (Å²) in [4.78, 5) is 11.0. The third kappa shape index (κ3) is 3.57. The molecule has 1 fully saturated rings. The van der Waals surface area contributed by atoms with E-state index in [0.29, 0.717) is 22.2 Å². The van der Waals surface area contributed by atoms with Gasteiger partial charge in [-0.3, -0.25) is 4.79 Å². The smallest absolute Gasteiger partial charge is 0.216 e. The normalized spacial score (nSPS) is 22.6. The van der Waals surface area contributed by atoms with Crippen molar-refractivity contribution < 1.29 is 9.90 Å². The number of halogens is 2. The van der Waals surface area contributed by atoms with E-state index in [1.54, 1.807) is 12.1 Å². The maximum atomic E-state index is 11.0. The van der Waals surface area contributed by atoms with Crippen LogP contribution in [0.5, 0.6) is 5.75 Å². The number of piperidine rings is 1. The van der Waals surface area contributed by atoms with Gasteiger partial charge in [-0.25, -0.2) is 0 Å². The Hall–Kier alpha value is -0.970. The molecule has 6 heteroatoms. The summed E-state index contributed by atoms with van der Waals surface area (Å²) in [5.41, 5.74) is 0.716. The molecule has 1 aliphatic rings. The SMILES string of the molecule is CC(=O)NC[C@H]1CC(c2c(O)ccc(Cl)c2Cl)CCN1. The topological polar surface area (TPSA) is 61.4 Å². The molecule has 1 aliphatic heterocycles. The summed E-state index contributed by atoms with van der Waals surface area (Å²) >= 11 is 12.3. The van der Waals surface area contributed by atoms with Gasteiger partial charge in [0.1, 0.15) is 5.75 Å². The van der Waals surface area contributed by atoms with Crippen molar-refractivity contribution in [1.82, 2.24) is 10.6 Å². The van der Waals surface area contributed by atoms with E-state index in [9.17, 15) is 9.90 Å². The van der Waals surface area contributed by atoms with Crippen molar-refractivity contribution in [2.75, 3.05) is 13.1 Å². The zero-order valence-corrected chi connectivity index (χ0v) is 12.8. The van der Waals surface area contributed by atoms with E-state index in [0.717, 1.165) is 19.4 Å². The molecule has 0 saturated carbocycles. The third-order valence-electron chi connectivity index (χ3n) is 3.61. The highest BCUT2D eigenvalue weighted by Gasteiger charge is 2.27. The van der Waals surface area contributed by atoms with E-state index < -0.39 is 0 Å². The molecular formula is C14H18Cl2N2O2. The second-order valence-electron chi connectivity index (χ2n) is 5.10. The van der Waals surface area contributed by atoms with Crippen LogP contribution in [0.3, 0.4) is 0 Å². The summed E-state index contributed by atoms with van der Waals surface area (Å²) in [6, 6.07) is 3.35. The van der Waals surface area contributed by atoms with Gasteiger partial charge in [0.15, 0.2) is 0 Å². The summed E-state index contributed by atoms with van der Waals surface area (Å²) < 4.78 is 0. The van der Waals surface area contributed by atoms with Crippen molar-refractivity contribution in [3.8, 4) is 5.75 Å². The van der Waals surface area contributed by atoms with Crippen molar-refractivity contribution in [1.29, 1.82) is 0 Å². The van der Waals surface area contributed by atoms with E-state index in [2.05, 4.69) is 10.6 Å². The largest absolute Gasteiger partial charge is 0.508 e. The minimum absolute atomic E-state index is 0.0439. The van der Waals surface area contributed by atoms with Crippen molar-refractivity contribution in [3.63, 3.8) is 0 Å². The fourth-order valence-corrected chi connectivity index (χ4v) is 3.11. The zero-order valence-electron chi connectivity index (χ0n) is 11.2. The molecule has 0 radical (unpaired) electrons. The molecule has 1 aromatic carbocycles. The molecule has 0 aliphatic carbocycles. The third-order valence-corrected chi connectivity index (χ3v) is 4.43. The summed E-state index contributed by atoms with van der Waals surface area (Å²) in [7, 11) is 0. The van der Waals surface area contributed by atoms with Crippen LogP contribution >= 0.6 is 23.2 Å². The number of amides is 1. The second kappa shape index (κ2) is 6.66. The fraction of sp³-hybridized carbons (Fsp3) is 0.500. The molecule has 2 atom stereocenters. The standard InChI is InChI=1S/C14H18Cl2N2O2/c1-8(19)18-7-10-6-9(4-5-17-10)13-12(20)3-2-11(15)14(13)16/h2-3,9-10,17,20H,4-7H2,1H3,(H,18,19)/t9?,10-/m1/s1. The van der Waals surface area contributed by atoms with Gasteiger partial charge in [0.05, 0.1) is 10.0 Å². The predicted molar refractivity (Wildman–Crippen MR) is 80.6 cm³/mol. The summed E-state index contributed by atoms with van der Waals surface area (Å²) in [6.45, 7) is 2.89. The van der Waals surface area contributed by atoms with E-state index in [-0.39, 0.29) is 23.6 Å². The van der Waals surface area contributed by atoms with Gasteiger partial charge in [0, 0.05) is 25.1 Å². The molecule has 0 aromatic heterocycles. The van der Waals surface area contributed by atoms with E-state index in [4.69, 9.17) is 23.2 Å². The molecule has 2 rings (SSSR count). The number of rotatable bonds is 3. The maximum absolute atomic E-state index is 11.0. The van der Waals surface area contributed by atoms with Crippen molar-refractivity contribution in [2.45, 2.75) is 31.7 Å². The Kier molecular flexibility index (Phi) is 5.13. The number of hydrogen-bond acceptors (Lipinski definition) is 3. The van der Waals surface area contributed by atoms with Gasteiger partial charge in [-0.1, -0.05) is 23.2 Å². The number of phenols is 1. The van der Waals surface area contributed by atoms with Gasteiger partial charge in [-0.05, 0) is 37.4 Å². The number of carbonyl (C=O) groups is 1. The molecule has 4 nitrogen and oxygen atoms in total. The van der Waals surface area contributed by atoms with Crippen molar-refractivity contribution in [2.24, 2.45) is 0 Å². The lowest BCUT2D eigenvalue weighted by atomic mass is 9.85. The summed E-state index contributed by atoms with van der Waals surface area (Å²) in [5.74, 6) is 0.281. The molecule has 0 bridgehead atoms. The van der Waals surface area contributed by atoms with Crippen LogP contribution in [0.4, 0.5) is 0 Å². The Bertz CT molecular complexity index is 508. The van der Waals surface area contributed by atoms with Crippen molar-refractivity contribution >= 4 is 29.1 Å². The second-order valence-corrected chi connectivity index (χ2v) is 5.89. The van der Waals surface area contributed by atoms with E-state index >= 15 is 0 Å². The van der Waals surface area contributed by atoms with Crippen LogP contribution in [-0.4, -0.2) is 30.1 Å². The maximum Gasteiger partial charge on any atom is 0.216 e. The molecular weight excluding hydrogens is 299 g/mol. The van der Waals surface area contributed by atoms with Gasteiger partial charge < -0.3 is 15.7 Å². The first kappa shape index (κ1) is 15.4. The van der Waals surface area contributed by atoms with Gasteiger partial charge in [0.2, 0.25) is 5.91 Å². The lowest BCUT2D eigenvalue weighted by molar-refractivity contribution is -0.119. The quantitative estimate of drug-likeness (QED) is 0.803. The Morgan fingerprint density at radius 3 is 2.95 bits per heavy atom.